The summed E-state index contributed by atoms with van der Waals surface area (Å²) in [5.41, 5.74) is 2.58. The van der Waals surface area contributed by atoms with Gasteiger partial charge in [-0.3, -0.25) is 25.1 Å². The Morgan fingerprint density at radius 2 is 2.00 bits per heavy atom. The van der Waals surface area contributed by atoms with Crippen LogP contribution < -0.4 is 19.9 Å². The number of benzene rings is 2. The van der Waals surface area contributed by atoms with E-state index in [0.717, 1.165) is 5.01 Å². The molecule has 0 unspecified atom stereocenters. The Labute approximate surface area is 165 Å². The minimum absolute atomic E-state index is 0.0482. The first-order valence-electron chi connectivity index (χ1n) is 8.31. The van der Waals surface area contributed by atoms with E-state index in [9.17, 15) is 19.7 Å². The Morgan fingerprint density at radius 1 is 1.28 bits per heavy atom. The molecule has 2 aromatic rings. The highest BCUT2D eigenvalue weighted by Crippen LogP contribution is 2.39. The number of carbonyl (C=O) groups excluding carboxylic acids is 2. The van der Waals surface area contributed by atoms with E-state index in [1.807, 2.05) is 0 Å². The molecule has 2 amide bonds. The molecule has 0 saturated carbocycles. The zero-order valence-corrected chi connectivity index (χ0v) is 15.2. The van der Waals surface area contributed by atoms with Gasteiger partial charge in [0.25, 0.3) is 11.8 Å². The number of nitrogens with one attached hydrogen (secondary N) is 1. The minimum Gasteiger partial charge on any atom is -0.493 e. The highest BCUT2D eigenvalue weighted by Gasteiger charge is 2.34. The largest absolute Gasteiger partial charge is 0.493 e. The van der Waals surface area contributed by atoms with Crippen molar-refractivity contribution in [2.24, 2.45) is 0 Å². The van der Waals surface area contributed by atoms with Gasteiger partial charge in [0.05, 0.1) is 17.7 Å². The fourth-order valence-electron chi connectivity index (χ4n) is 2.72. The summed E-state index contributed by atoms with van der Waals surface area (Å²) in [6.07, 6.45) is 6.39. The Morgan fingerprint density at radius 3 is 2.62 bits per heavy atom. The van der Waals surface area contributed by atoms with Gasteiger partial charge in [0.2, 0.25) is 5.75 Å². The SMILES string of the molecule is C#CCOc1c(OC)cc(/C=C2/C(=O)NN(c3ccccc3)C2=O)cc1[N+](=O)[O-]. The molecule has 0 atom stereocenters. The third-order valence-electron chi connectivity index (χ3n) is 3.99. The molecule has 0 radical (unpaired) electrons. The summed E-state index contributed by atoms with van der Waals surface area (Å²) in [7, 11) is 1.31. The first kappa shape index (κ1) is 19.4. The van der Waals surface area contributed by atoms with Gasteiger partial charge in [-0.25, -0.2) is 5.01 Å². The standard InChI is InChI=1S/C20H15N3O6/c1-3-9-29-18-16(23(26)27)11-13(12-17(18)28-2)10-15-19(24)21-22(20(15)25)14-7-5-4-6-8-14/h1,4-8,10-12H,9H2,2H3,(H,21,24)/b15-10-. The molecule has 3 rings (SSSR count). The van der Waals surface area contributed by atoms with Crippen molar-refractivity contribution in [3.8, 4) is 23.8 Å². The molecule has 0 spiro atoms. The van der Waals surface area contributed by atoms with Crippen LogP contribution >= 0.6 is 0 Å². The van der Waals surface area contributed by atoms with Crippen molar-refractivity contribution in [2.75, 3.05) is 18.7 Å². The number of rotatable bonds is 6. The van der Waals surface area contributed by atoms with Gasteiger partial charge < -0.3 is 9.47 Å². The van der Waals surface area contributed by atoms with Crippen LogP contribution in [0.3, 0.4) is 0 Å². The summed E-state index contributed by atoms with van der Waals surface area (Å²) in [5.74, 6) is 0.919. The van der Waals surface area contributed by atoms with Gasteiger partial charge in [-0.15, -0.1) is 6.42 Å². The van der Waals surface area contributed by atoms with Crippen molar-refractivity contribution in [3.63, 3.8) is 0 Å². The van der Waals surface area contributed by atoms with Crippen molar-refractivity contribution in [3.05, 3.63) is 63.7 Å². The second kappa shape index (κ2) is 8.14. The van der Waals surface area contributed by atoms with E-state index in [0.29, 0.717) is 5.69 Å². The zero-order valence-electron chi connectivity index (χ0n) is 15.2. The number of hydrazine groups is 1. The third kappa shape index (κ3) is 3.86. The van der Waals surface area contributed by atoms with Crippen LogP contribution in [0.2, 0.25) is 0 Å². The predicted molar refractivity (Wildman–Crippen MR) is 104 cm³/mol. The predicted octanol–water partition coefficient (Wildman–Crippen LogP) is 2.08. The van der Waals surface area contributed by atoms with E-state index in [1.54, 1.807) is 30.3 Å². The van der Waals surface area contributed by atoms with E-state index in [4.69, 9.17) is 15.9 Å². The Bertz CT molecular complexity index is 1060. The van der Waals surface area contributed by atoms with Gasteiger partial charge in [-0.1, -0.05) is 24.1 Å². The van der Waals surface area contributed by atoms with E-state index >= 15 is 0 Å². The van der Waals surface area contributed by atoms with Gasteiger partial charge in [0, 0.05) is 6.07 Å². The molecule has 1 heterocycles. The van der Waals surface area contributed by atoms with Crippen LogP contribution in [0.5, 0.6) is 11.5 Å². The number of ether oxygens (including phenoxy) is 2. The van der Waals surface area contributed by atoms with Crippen molar-refractivity contribution < 1.29 is 24.0 Å². The number of methoxy groups -OCH3 is 1. The number of amides is 2. The first-order chi connectivity index (χ1) is 14.0. The molecule has 0 bridgehead atoms. The topological polar surface area (TPSA) is 111 Å². The summed E-state index contributed by atoms with van der Waals surface area (Å²) in [6.45, 7) is -0.190. The number of para-hydroxylation sites is 1. The lowest BCUT2D eigenvalue weighted by Crippen LogP contribution is -2.35. The van der Waals surface area contributed by atoms with Crippen LogP contribution in [0.15, 0.2) is 48.0 Å². The molecule has 1 N–H and O–H groups in total. The third-order valence-corrected chi connectivity index (χ3v) is 3.99. The van der Waals surface area contributed by atoms with Crippen LogP contribution in [0.4, 0.5) is 11.4 Å². The van der Waals surface area contributed by atoms with Crippen LogP contribution in [-0.2, 0) is 9.59 Å². The lowest BCUT2D eigenvalue weighted by molar-refractivity contribution is -0.385. The number of nitrogens with zero attached hydrogens (tertiary/aromatic N) is 2. The van der Waals surface area contributed by atoms with Gasteiger partial charge in [0.1, 0.15) is 12.2 Å². The molecule has 9 heteroatoms. The Kier molecular flexibility index (Phi) is 5.46. The van der Waals surface area contributed by atoms with Crippen LogP contribution in [0.1, 0.15) is 5.56 Å². The molecule has 0 aliphatic carbocycles. The van der Waals surface area contributed by atoms with Crippen LogP contribution in [0.25, 0.3) is 6.08 Å². The summed E-state index contributed by atoms with van der Waals surface area (Å²) >= 11 is 0. The number of terminal acetylenes is 1. The molecule has 2 aromatic carbocycles. The van der Waals surface area contributed by atoms with Crippen LogP contribution in [0, 0.1) is 22.5 Å². The molecule has 1 aliphatic rings. The first-order valence-corrected chi connectivity index (χ1v) is 8.31. The number of hydrogen-bond acceptors (Lipinski definition) is 6. The van der Waals surface area contributed by atoms with E-state index < -0.39 is 22.4 Å². The number of nitro benzene ring substituents is 1. The van der Waals surface area contributed by atoms with Gasteiger partial charge in [-0.2, -0.15) is 0 Å². The summed E-state index contributed by atoms with van der Waals surface area (Å²) < 4.78 is 10.4. The lowest BCUT2D eigenvalue weighted by atomic mass is 10.1. The van der Waals surface area contributed by atoms with Crippen molar-refractivity contribution in [1.29, 1.82) is 0 Å². The molecule has 1 saturated heterocycles. The van der Waals surface area contributed by atoms with E-state index in [1.165, 1.54) is 25.3 Å². The highest BCUT2D eigenvalue weighted by atomic mass is 16.6. The smallest absolute Gasteiger partial charge is 0.315 e. The number of nitro groups is 1. The maximum absolute atomic E-state index is 12.7. The van der Waals surface area contributed by atoms with Crippen LogP contribution in [-0.4, -0.2) is 30.5 Å². The van der Waals surface area contributed by atoms with Crippen molar-refractivity contribution >= 4 is 29.3 Å². The average molecular weight is 393 g/mol. The molecular formula is C20H15N3O6. The monoisotopic (exact) mass is 393 g/mol. The second-order valence-corrected chi connectivity index (χ2v) is 5.80. The lowest BCUT2D eigenvalue weighted by Gasteiger charge is -2.13. The van der Waals surface area contributed by atoms with Gasteiger partial charge in [0.15, 0.2) is 5.75 Å². The normalized spacial score (nSPS) is 14.5. The maximum atomic E-state index is 12.7. The zero-order chi connectivity index (χ0) is 21.0. The quantitative estimate of drug-likeness (QED) is 0.264. The molecular weight excluding hydrogens is 378 g/mol. The molecule has 1 fully saturated rings. The van der Waals surface area contributed by atoms with Crippen molar-refractivity contribution in [2.45, 2.75) is 0 Å². The molecule has 29 heavy (non-hydrogen) atoms. The molecule has 1 aliphatic heterocycles. The maximum Gasteiger partial charge on any atom is 0.315 e. The highest BCUT2D eigenvalue weighted by molar-refractivity contribution is 6.31. The number of hydrogen-bond donors (Lipinski definition) is 1. The summed E-state index contributed by atoms with van der Waals surface area (Å²) in [6, 6.07) is 11.1. The van der Waals surface area contributed by atoms with Crippen molar-refractivity contribution in [1.82, 2.24) is 5.43 Å². The minimum atomic E-state index is -0.664. The second-order valence-electron chi connectivity index (χ2n) is 5.80. The van der Waals surface area contributed by atoms with Gasteiger partial charge in [-0.05, 0) is 29.8 Å². The Hall–Kier alpha value is -4.32. The fourth-order valence-corrected chi connectivity index (χ4v) is 2.72. The molecule has 0 aromatic heterocycles. The number of carbonyl (C=O) groups is 2. The molecule has 9 nitrogen and oxygen atoms in total. The summed E-state index contributed by atoms with van der Waals surface area (Å²) in [4.78, 5) is 35.8. The Balaban J connectivity index is 2.02. The summed E-state index contributed by atoms with van der Waals surface area (Å²) in [5, 5.41) is 12.6. The molecule has 146 valence electrons. The van der Waals surface area contributed by atoms with E-state index in [-0.39, 0.29) is 29.2 Å². The fraction of sp³-hybridized carbons (Fsp3) is 0.100. The van der Waals surface area contributed by atoms with E-state index in [2.05, 4.69) is 11.3 Å². The number of anilines is 1. The average Bonchev–Trinajstić information content (AvgIpc) is 3.00. The van der Waals surface area contributed by atoms with Gasteiger partial charge >= 0.3 is 5.69 Å².